The van der Waals surface area contributed by atoms with E-state index in [0.717, 1.165) is 13.0 Å². The number of likely N-dealkylation sites (N-methyl/N-ethyl adjacent to an activating group) is 1. The molecule has 4 nitrogen and oxygen atoms in total. The Labute approximate surface area is 89.3 Å². The predicted octanol–water partition coefficient (Wildman–Crippen LogP) is 1.18. The Balaban J connectivity index is 2.31. The largest absolute Gasteiger partial charge is 0.367 e. The number of nitrogens with one attached hydrogen (secondary N) is 2. The summed E-state index contributed by atoms with van der Waals surface area (Å²) in [6.45, 7) is 0.969. The third kappa shape index (κ3) is 1.94. The van der Waals surface area contributed by atoms with E-state index >= 15 is 0 Å². The summed E-state index contributed by atoms with van der Waals surface area (Å²) in [6.07, 6.45) is 6.85. The van der Waals surface area contributed by atoms with Crippen molar-refractivity contribution in [2.24, 2.45) is 7.05 Å². The third-order valence-corrected chi connectivity index (χ3v) is 2.58. The number of nitrogens with zero attached hydrogens (tertiary/aromatic N) is 2. The molecule has 0 bridgehead atoms. The number of aromatic nitrogens is 3. The molecule has 0 aliphatic rings. The minimum absolute atomic E-state index is 0.969. The van der Waals surface area contributed by atoms with E-state index in [1.54, 1.807) is 0 Å². The van der Waals surface area contributed by atoms with Gasteiger partial charge in [-0.3, -0.25) is 4.68 Å². The number of aromatic amines is 1. The smallest absolute Gasteiger partial charge is 0.0571 e. The van der Waals surface area contributed by atoms with Gasteiger partial charge in [-0.25, -0.2) is 0 Å². The normalized spacial score (nSPS) is 10.8. The fraction of sp³-hybridized carbons (Fsp3) is 0.364. The summed E-state index contributed by atoms with van der Waals surface area (Å²) >= 11 is 0. The van der Waals surface area contributed by atoms with E-state index in [1.165, 1.54) is 16.8 Å². The standard InChI is InChI=1S/C11H16N4/c1-12-5-4-11-10(8-14-15(11)2)9-3-6-13-7-9/h3,6-8,12-13H,4-5H2,1-2H3. The summed E-state index contributed by atoms with van der Waals surface area (Å²) in [5, 5.41) is 7.46. The van der Waals surface area contributed by atoms with Crippen molar-refractivity contribution in [1.29, 1.82) is 0 Å². The molecule has 0 aliphatic carbocycles. The van der Waals surface area contributed by atoms with Crippen LogP contribution in [0.15, 0.2) is 24.7 Å². The maximum atomic E-state index is 4.30. The summed E-state index contributed by atoms with van der Waals surface area (Å²) in [7, 11) is 3.95. The fourth-order valence-corrected chi connectivity index (χ4v) is 1.74. The molecule has 15 heavy (non-hydrogen) atoms. The molecule has 0 unspecified atom stereocenters. The summed E-state index contributed by atoms with van der Waals surface area (Å²) in [6, 6.07) is 2.07. The Hall–Kier alpha value is -1.55. The maximum absolute atomic E-state index is 4.30. The van der Waals surface area contributed by atoms with Crippen molar-refractivity contribution in [3.8, 4) is 11.1 Å². The molecule has 0 saturated carbocycles. The van der Waals surface area contributed by atoms with Crippen LogP contribution in [0.5, 0.6) is 0 Å². The first-order chi connectivity index (χ1) is 7.33. The van der Waals surface area contributed by atoms with Crippen molar-refractivity contribution in [1.82, 2.24) is 20.1 Å². The second-order valence-electron chi connectivity index (χ2n) is 3.58. The van der Waals surface area contributed by atoms with Gasteiger partial charge in [0.05, 0.1) is 6.20 Å². The second-order valence-corrected chi connectivity index (χ2v) is 3.58. The van der Waals surface area contributed by atoms with Gasteiger partial charge in [0.2, 0.25) is 0 Å². The van der Waals surface area contributed by atoms with Gasteiger partial charge in [-0.1, -0.05) is 0 Å². The minimum atomic E-state index is 0.969. The van der Waals surface area contributed by atoms with Crippen LogP contribution < -0.4 is 5.32 Å². The Morgan fingerprint density at radius 1 is 1.53 bits per heavy atom. The average molecular weight is 204 g/mol. The van der Waals surface area contributed by atoms with Crippen LogP contribution in [0.1, 0.15) is 5.69 Å². The van der Waals surface area contributed by atoms with Gasteiger partial charge in [-0.05, 0) is 13.1 Å². The van der Waals surface area contributed by atoms with E-state index < -0.39 is 0 Å². The highest BCUT2D eigenvalue weighted by molar-refractivity contribution is 5.64. The molecule has 0 atom stereocenters. The van der Waals surface area contributed by atoms with Crippen molar-refractivity contribution in [2.75, 3.05) is 13.6 Å². The lowest BCUT2D eigenvalue weighted by atomic mass is 10.1. The minimum Gasteiger partial charge on any atom is -0.367 e. The topological polar surface area (TPSA) is 45.6 Å². The summed E-state index contributed by atoms with van der Waals surface area (Å²) in [5.41, 5.74) is 3.69. The maximum Gasteiger partial charge on any atom is 0.0571 e. The number of H-pyrrole nitrogens is 1. The van der Waals surface area contributed by atoms with Crippen molar-refractivity contribution in [3.63, 3.8) is 0 Å². The zero-order chi connectivity index (χ0) is 10.7. The van der Waals surface area contributed by atoms with Crippen LogP contribution in [0, 0.1) is 0 Å². The first kappa shape index (κ1) is 9.98. The average Bonchev–Trinajstić information content (AvgIpc) is 2.84. The number of hydrogen-bond donors (Lipinski definition) is 2. The van der Waals surface area contributed by atoms with E-state index in [9.17, 15) is 0 Å². The van der Waals surface area contributed by atoms with Crippen LogP contribution in [0.4, 0.5) is 0 Å². The Morgan fingerprint density at radius 3 is 3.07 bits per heavy atom. The molecule has 0 spiro atoms. The molecule has 2 aromatic rings. The summed E-state index contributed by atoms with van der Waals surface area (Å²) in [5.74, 6) is 0. The van der Waals surface area contributed by atoms with E-state index in [-0.39, 0.29) is 0 Å². The lowest BCUT2D eigenvalue weighted by Gasteiger charge is -2.04. The van der Waals surface area contributed by atoms with Crippen LogP contribution in [0.3, 0.4) is 0 Å². The monoisotopic (exact) mass is 204 g/mol. The number of rotatable bonds is 4. The highest BCUT2D eigenvalue weighted by Gasteiger charge is 2.09. The van der Waals surface area contributed by atoms with Gasteiger partial charge in [0.15, 0.2) is 0 Å². The van der Waals surface area contributed by atoms with E-state index in [4.69, 9.17) is 0 Å². The lowest BCUT2D eigenvalue weighted by molar-refractivity contribution is 0.682. The molecular weight excluding hydrogens is 188 g/mol. The fourth-order valence-electron chi connectivity index (χ4n) is 1.74. The molecule has 0 aliphatic heterocycles. The molecule has 0 saturated heterocycles. The van der Waals surface area contributed by atoms with Crippen LogP contribution in [0.2, 0.25) is 0 Å². The lowest BCUT2D eigenvalue weighted by Crippen LogP contribution is -2.13. The Morgan fingerprint density at radius 2 is 2.40 bits per heavy atom. The van der Waals surface area contributed by atoms with Gasteiger partial charge in [0.25, 0.3) is 0 Å². The van der Waals surface area contributed by atoms with Crippen molar-refractivity contribution >= 4 is 0 Å². The second kappa shape index (κ2) is 4.31. The first-order valence-corrected chi connectivity index (χ1v) is 5.11. The molecule has 2 rings (SSSR count). The highest BCUT2D eigenvalue weighted by atomic mass is 15.3. The molecule has 0 radical (unpaired) electrons. The van der Waals surface area contributed by atoms with Gasteiger partial charge >= 0.3 is 0 Å². The molecule has 0 fully saturated rings. The third-order valence-electron chi connectivity index (χ3n) is 2.58. The van der Waals surface area contributed by atoms with Gasteiger partial charge in [0.1, 0.15) is 0 Å². The van der Waals surface area contributed by atoms with Gasteiger partial charge < -0.3 is 10.3 Å². The molecule has 2 N–H and O–H groups in total. The van der Waals surface area contributed by atoms with E-state index in [2.05, 4.69) is 21.5 Å². The van der Waals surface area contributed by atoms with Crippen LogP contribution >= 0.6 is 0 Å². The molecule has 0 amide bonds. The van der Waals surface area contributed by atoms with Gasteiger partial charge in [-0.15, -0.1) is 0 Å². The van der Waals surface area contributed by atoms with E-state index in [0.29, 0.717) is 0 Å². The first-order valence-electron chi connectivity index (χ1n) is 5.11. The van der Waals surface area contributed by atoms with Crippen LogP contribution in [0.25, 0.3) is 11.1 Å². The summed E-state index contributed by atoms with van der Waals surface area (Å²) in [4.78, 5) is 3.07. The van der Waals surface area contributed by atoms with Gasteiger partial charge in [-0.2, -0.15) is 5.10 Å². The van der Waals surface area contributed by atoms with Crippen molar-refractivity contribution in [2.45, 2.75) is 6.42 Å². The molecule has 80 valence electrons. The molecule has 2 heterocycles. The van der Waals surface area contributed by atoms with E-state index in [1.807, 2.05) is 37.4 Å². The Kier molecular flexibility index (Phi) is 2.87. The van der Waals surface area contributed by atoms with Crippen molar-refractivity contribution in [3.05, 3.63) is 30.4 Å². The number of aryl methyl sites for hydroxylation is 1. The quantitative estimate of drug-likeness (QED) is 0.785. The molecule has 4 heteroatoms. The zero-order valence-electron chi connectivity index (χ0n) is 9.12. The Bertz CT molecular complexity index is 414. The predicted molar refractivity (Wildman–Crippen MR) is 60.6 cm³/mol. The molecule has 2 aromatic heterocycles. The molecular formula is C11H16N4. The zero-order valence-corrected chi connectivity index (χ0v) is 9.12. The highest BCUT2D eigenvalue weighted by Crippen LogP contribution is 2.22. The van der Waals surface area contributed by atoms with Gasteiger partial charge in [0, 0.05) is 49.2 Å². The summed E-state index contributed by atoms with van der Waals surface area (Å²) < 4.78 is 1.94. The molecule has 0 aromatic carbocycles. The van der Waals surface area contributed by atoms with Crippen molar-refractivity contribution < 1.29 is 0 Å². The SMILES string of the molecule is CNCCc1c(-c2cc[nH]c2)cnn1C. The number of hydrogen-bond acceptors (Lipinski definition) is 2. The van der Waals surface area contributed by atoms with Crippen LogP contribution in [-0.4, -0.2) is 28.4 Å². The van der Waals surface area contributed by atoms with Crippen LogP contribution in [-0.2, 0) is 13.5 Å².